The van der Waals surface area contributed by atoms with E-state index >= 15 is 0 Å². The number of para-hydroxylation sites is 1. The quantitative estimate of drug-likeness (QED) is 0.710. The zero-order valence-corrected chi connectivity index (χ0v) is 15.9. The molecule has 0 spiro atoms. The highest BCUT2D eigenvalue weighted by molar-refractivity contribution is 6.07. The molecular formula is C20H26N4O3. The Morgan fingerprint density at radius 1 is 1.15 bits per heavy atom. The summed E-state index contributed by atoms with van der Waals surface area (Å²) < 4.78 is 18.0. The van der Waals surface area contributed by atoms with Crippen LogP contribution in [0.3, 0.4) is 0 Å². The fraction of sp³-hybridized carbons (Fsp3) is 0.500. The number of rotatable bonds is 4. The van der Waals surface area contributed by atoms with Crippen molar-refractivity contribution in [3.63, 3.8) is 0 Å². The number of nitrogens with two attached hydrogens (primary N) is 1. The van der Waals surface area contributed by atoms with Gasteiger partial charge < -0.3 is 24.5 Å². The number of hydrogen-bond donors (Lipinski definition) is 1. The van der Waals surface area contributed by atoms with E-state index in [0.29, 0.717) is 19.0 Å². The van der Waals surface area contributed by atoms with E-state index < -0.39 is 5.79 Å². The Labute approximate surface area is 158 Å². The van der Waals surface area contributed by atoms with E-state index in [4.69, 9.17) is 15.2 Å². The number of epoxide rings is 1. The number of aromatic nitrogens is 3. The Balaban J connectivity index is 0.000000547. The van der Waals surface area contributed by atoms with Gasteiger partial charge in [-0.15, -0.1) is 0 Å². The predicted molar refractivity (Wildman–Crippen MR) is 105 cm³/mol. The molecular weight excluding hydrogens is 344 g/mol. The first-order valence-corrected chi connectivity index (χ1v) is 9.43. The van der Waals surface area contributed by atoms with Gasteiger partial charge in [0.15, 0.2) is 11.6 Å². The zero-order chi connectivity index (χ0) is 18.9. The lowest BCUT2D eigenvalue weighted by Gasteiger charge is -2.22. The van der Waals surface area contributed by atoms with Crippen LogP contribution in [0.5, 0.6) is 0 Å². The summed E-state index contributed by atoms with van der Waals surface area (Å²) >= 11 is 0. The molecule has 1 aromatic carbocycles. The number of fused-ring (bicyclic) bond motifs is 3. The first-order chi connectivity index (χ1) is 13.1. The second-order valence-electron chi connectivity index (χ2n) is 7.15. The maximum atomic E-state index is 6.13. The Bertz CT molecular complexity index is 942. The van der Waals surface area contributed by atoms with Crippen molar-refractivity contribution < 1.29 is 14.2 Å². The SMILES string of the molecule is C1CO1.Cc1cccc2c1nc(N)c1ncn(CCCC3(C)OCCO3)c12. The minimum Gasteiger partial charge on any atom is -0.382 e. The van der Waals surface area contributed by atoms with Gasteiger partial charge in [-0.1, -0.05) is 18.2 Å². The van der Waals surface area contributed by atoms with Crippen molar-refractivity contribution in [1.82, 2.24) is 14.5 Å². The Hall–Kier alpha value is -2.22. The third kappa shape index (κ3) is 3.90. The lowest BCUT2D eigenvalue weighted by Crippen LogP contribution is -2.25. The minimum atomic E-state index is -0.449. The number of imidazole rings is 1. The molecule has 5 rings (SSSR count). The highest BCUT2D eigenvalue weighted by Crippen LogP contribution is 2.30. The predicted octanol–water partition coefficient (Wildman–Crippen LogP) is 3.03. The van der Waals surface area contributed by atoms with Gasteiger partial charge in [0, 0.05) is 18.4 Å². The summed E-state index contributed by atoms with van der Waals surface area (Å²) in [5, 5.41) is 1.09. The lowest BCUT2D eigenvalue weighted by molar-refractivity contribution is -0.147. The van der Waals surface area contributed by atoms with E-state index in [9.17, 15) is 0 Å². The van der Waals surface area contributed by atoms with Gasteiger partial charge in [-0.2, -0.15) is 0 Å². The molecule has 0 saturated carbocycles. The van der Waals surface area contributed by atoms with Crippen LogP contribution >= 0.6 is 0 Å². The summed E-state index contributed by atoms with van der Waals surface area (Å²) in [6.07, 6.45) is 3.64. The zero-order valence-electron chi connectivity index (χ0n) is 15.9. The van der Waals surface area contributed by atoms with Crippen LogP contribution in [0, 0.1) is 6.92 Å². The molecule has 0 aliphatic carbocycles. The van der Waals surface area contributed by atoms with E-state index in [1.807, 2.05) is 19.3 Å². The van der Waals surface area contributed by atoms with Crippen LogP contribution in [-0.4, -0.2) is 46.7 Å². The molecule has 0 bridgehead atoms. The van der Waals surface area contributed by atoms with Crippen molar-refractivity contribution in [2.45, 2.75) is 39.0 Å². The summed E-state index contributed by atoms with van der Waals surface area (Å²) in [5.41, 5.74) is 10.0. The smallest absolute Gasteiger partial charge is 0.165 e. The number of ether oxygens (including phenoxy) is 3. The van der Waals surface area contributed by atoms with Crippen molar-refractivity contribution >= 4 is 27.8 Å². The van der Waals surface area contributed by atoms with Crippen molar-refractivity contribution in [2.75, 3.05) is 32.2 Å². The van der Waals surface area contributed by atoms with Crippen molar-refractivity contribution in [1.29, 1.82) is 0 Å². The molecule has 4 heterocycles. The topological polar surface area (TPSA) is 87.7 Å². The average Bonchev–Trinajstić information content (AvgIpc) is 3.38. The van der Waals surface area contributed by atoms with Gasteiger partial charge in [0.25, 0.3) is 0 Å². The minimum absolute atomic E-state index is 0.449. The average molecular weight is 370 g/mol. The van der Waals surface area contributed by atoms with Gasteiger partial charge >= 0.3 is 0 Å². The summed E-state index contributed by atoms with van der Waals surface area (Å²) in [6.45, 7) is 8.25. The maximum absolute atomic E-state index is 6.13. The Morgan fingerprint density at radius 3 is 2.59 bits per heavy atom. The Morgan fingerprint density at radius 2 is 1.89 bits per heavy atom. The molecule has 2 aliphatic rings. The van der Waals surface area contributed by atoms with Gasteiger partial charge in [-0.05, 0) is 25.8 Å². The molecule has 7 heteroatoms. The number of anilines is 1. The van der Waals surface area contributed by atoms with Gasteiger partial charge in [0.2, 0.25) is 0 Å². The van der Waals surface area contributed by atoms with Gasteiger partial charge in [-0.25, -0.2) is 9.97 Å². The van der Waals surface area contributed by atoms with Crippen LogP contribution in [-0.2, 0) is 20.8 Å². The second-order valence-corrected chi connectivity index (χ2v) is 7.15. The number of benzene rings is 1. The number of pyridine rings is 1. The van der Waals surface area contributed by atoms with E-state index in [2.05, 4.69) is 38.3 Å². The number of nitrogen functional groups attached to an aromatic ring is 1. The third-order valence-electron chi connectivity index (χ3n) is 4.94. The van der Waals surface area contributed by atoms with Crippen LogP contribution in [0.15, 0.2) is 24.5 Å². The molecule has 2 fully saturated rings. The third-order valence-corrected chi connectivity index (χ3v) is 4.94. The molecule has 2 N–H and O–H groups in total. The molecule has 144 valence electrons. The molecule has 3 aromatic rings. The van der Waals surface area contributed by atoms with Crippen molar-refractivity contribution in [3.8, 4) is 0 Å². The van der Waals surface area contributed by atoms with Gasteiger partial charge in [0.05, 0.1) is 43.8 Å². The highest BCUT2D eigenvalue weighted by Gasteiger charge is 2.30. The molecule has 0 radical (unpaired) electrons. The number of nitrogens with zero attached hydrogens (tertiary/aromatic N) is 3. The fourth-order valence-electron chi connectivity index (χ4n) is 3.47. The van der Waals surface area contributed by atoms with Crippen LogP contribution in [0.1, 0.15) is 25.3 Å². The van der Waals surface area contributed by atoms with E-state index in [1.54, 1.807) is 0 Å². The summed E-state index contributed by atoms with van der Waals surface area (Å²) in [5.74, 6) is 0.0373. The van der Waals surface area contributed by atoms with Crippen LogP contribution in [0.4, 0.5) is 5.82 Å². The standard InChI is InChI=1S/C18H22N4O2.C2H4O/c1-12-5-3-6-13-14(12)21-17(19)15-16(13)22(11-20-15)8-4-7-18(2)23-9-10-24-18;1-2-3-1/h3,5-6,11H,4,7-10H2,1-2H3,(H2,19,21);1-2H2. The van der Waals surface area contributed by atoms with Crippen molar-refractivity contribution in [3.05, 3.63) is 30.1 Å². The van der Waals surface area contributed by atoms with E-state index in [-0.39, 0.29) is 0 Å². The summed E-state index contributed by atoms with van der Waals surface area (Å²) in [6, 6.07) is 6.18. The van der Waals surface area contributed by atoms with Crippen LogP contribution in [0.2, 0.25) is 0 Å². The molecule has 27 heavy (non-hydrogen) atoms. The molecule has 2 saturated heterocycles. The number of hydrogen-bond acceptors (Lipinski definition) is 6. The number of aryl methyl sites for hydroxylation is 2. The van der Waals surface area contributed by atoms with Gasteiger partial charge in [0.1, 0.15) is 5.52 Å². The molecule has 7 nitrogen and oxygen atoms in total. The lowest BCUT2D eigenvalue weighted by atomic mass is 10.1. The summed E-state index contributed by atoms with van der Waals surface area (Å²) in [7, 11) is 0. The summed E-state index contributed by atoms with van der Waals surface area (Å²) in [4.78, 5) is 9.01. The van der Waals surface area contributed by atoms with Crippen LogP contribution < -0.4 is 5.73 Å². The maximum Gasteiger partial charge on any atom is 0.165 e. The Kier molecular flexibility index (Phi) is 4.99. The largest absolute Gasteiger partial charge is 0.382 e. The molecule has 2 aliphatic heterocycles. The van der Waals surface area contributed by atoms with Crippen LogP contribution in [0.25, 0.3) is 21.9 Å². The fourth-order valence-corrected chi connectivity index (χ4v) is 3.47. The second kappa shape index (κ2) is 7.42. The normalized spacial score (nSPS) is 17.9. The highest BCUT2D eigenvalue weighted by atomic mass is 16.7. The molecule has 0 unspecified atom stereocenters. The van der Waals surface area contributed by atoms with E-state index in [0.717, 1.165) is 60.1 Å². The molecule has 0 atom stereocenters. The molecule has 2 aromatic heterocycles. The van der Waals surface area contributed by atoms with E-state index in [1.165, 1.54) is 0 Å². The van der Waals surface area contributed by atoms with Crippen molar-refractivity contribution in [2.24, 2.45) is 0 Å². The van der Waals surface area contributed by atoms with Gasteiger partial charge in [-0.3, -0.25) is 0 Å². The monoisotopic (exact) mass is 370 g/mol. The first kappa shape index (κ1) is 18.2. The molecule has 0 amide bonds. The first-order valence-electron chi connectivity index (χ1n) is 9.43.